The first-order valence-corrected chi connectivity index (χ1v) is 8.25. The van der Waals surface area contributed by atoms with Crippen molar-refractivity contribution in [2.75, 3.05) is 5.32 Å². The van der Waals surface area contributed by atoms with Crippen LogP contribution in [0.4, 0.5) is 41.2 Å². The summed E-state index contributed by atoms with van der Waals surface area (Å²) in [6.45, 7) is 0. The van der Waals surface area contributed by atoms with Gasteiger partial charge in [0.05, 0.1) is 16.3 Å². The molecule has 2 rings (SSSR count). The van der Waals surface area contributed by atoms with Gasteiger partial charge in [-0.25, -0.2) is 9.18 Å². The number of hydrogen-bond acceptors (Lipinski definition) is 4. The Balaban J connectivity index is 2.10. The van der Waals surface area contributed by atoms with E-state index in [9.17, 15) is 40.3 Å². The molecule has 1 atom stereocenters. The summed E-state index contributed by atoms with van der Waals surface area (Å²) in [5, 5.41) is 12.1. The third-order valence-corrected chi connectivity index (χ3v) is 3.87. The van der Waals surface area contributed by atoms with Crippen molar-refractivity contribution in [2.45, 2.75) is 18.1 Å². The number of carbonyl (C=O) groups excluding carboxylic acids is 2. The average Bonchev–Trinajstić information content (AvgIpc) is 2.63. The van der Waals surface area contributed by atoms with E-state index in [0.29, 0.717) is 12.1 Å². The van der Waals surface area contributed by atoms with E-state index < -0.39 is 47.3 Å². The highest BCUT2D eigenvalue weighted by Crippen LogP contribution is 2.44. The number of nitrogens with one attached hydrogen (secondary N) is 2. The molecule has 0 saturated heterocycles. The van der Waals surface area contributed by atoms with Crippen LogP contribution in [-0.2, 0) is 0 Å². The zero-order valence-electron chi connectivity index (χ0n) is 14.7. The van der Waals surface area contributed by atoms with Gasteiger partial charge in [0.15, 0.2) is 0 Å². The Morgan fingerprint density at radius 2 is 1.61 bits per heavy atom. The fourth-order valence-electron chi connectivity index (χ4n) is 2.01. The number of ether oxygens (including phenoxy) is 1. The van der Waals surface area contributed by atoms with Crippen molar-refractivity contribution in [1.29, 1.82) is 0 Å². The fourth-order valence-corrected chi connectivity index (χ4v) is 2.23. The second kappa shape index (κ2) is 8.59. The molecule has 0 aliphatic rings. The summed E-state index contributed by atoms with van der Waals surface area (Å²) >= 11 is 5.78. The summed E-state index contributed by atoms with van der Waals surface area (Å²) in [5.41, 5.74) is -0.791. The van der Waals surface area contributed by atoms with Crippen molar-refractivity contribution in [1.82, 2.24) is 5.32 Å². The summed E-state index contributed by atoms with van der Waals surface area (Å²) in [6.07, 6.45) is -12.2. The van der Waals surface area contributed by atoms with Crippen LogP contribution in [0.25, 0.3) is 0 Å². The van der Waals surface area contributed by atoms with Crippen LogP contribution in [0.5, 0.6) is 5.75 Å². The molecule has 31 heavy (non-hydrogen) atoms. The van der Waals surface area contributed by atoms with Crippen LogP contribution in [0.2, 0.25) is 5.02 Å². The maximum Gasteiger partial charge on any atom is 0.469 e. The van der Waals surface area contributed by atoms with Crippen LogP contribution in [0.3, 0.4) is 0 Å². The monoisotopic (exact) mass is 474 g/mol. The van der Waals surface area contributed by atoms with Gasteiger partial charge in [0.2, 0.25) is 0 Å². The molecule has 0 saturated carbocycles. The molecule has 2 aromatic rings. The lowest BCUT2D eigenvalue weighted by atomic mass is 10.2. The van der Waals surface area contributed by atoms with Crippen LogP contribution in [-0.4, -0.2) is 35.2 Å². The van der Waals surface area contributed by atoms with Gasteiger partial charge >= 0.3 is 24.2 Å². The Bertz CT molecular complexity index is 999. The van der Waals surface area contributed by atoms with Gasteiger partial charge in [0.1, 0.15) is 11.6 Å². The van der Waals surface area contributed by atoms with Crippen molar-refractivity contribution in [3.8, 4) is 5.75 Å². The summed E-state index contributed by atoms with van der Waals surface area (Å²) in [7, 11) is 0. The standard InChI is InChI=1S/C17H10ClF7N2O4/c18-10-4-2-1-3-9(10)13(28)27-14(29)26-12-6-5-8(7-11(12)19)31-17(24,25)15(20,30)16(21,22)23/h1-7,30H,(H2,26,27,28,29). The normalized spacial score (nSPS) is 13.8. The summed E-state index contributed by atoms with van der Waals surface area (Å²) in [6, 6.07) is 5.46. The molecule has 0 aliphatic carbocycles. The molecule has 168 valence electrons. The second-order valence-electron chi connectivity index (χ2n) is 5.77. The molecular weight excluding hydrogens is 465 g/mol. The molecular formula is C17H10ClF7N2O4. The van der Waals surface area contributed by atoms with Crippen molar-refractivity contribution < 1.29 is 50.2 Å². The molecule has 0 heterocycles. The maximum absolute atomic E-state index is 14.0. The molecule has 2 aromatic carbocycles. The number of urea groups is 1. The van der Waals surface area contributed by atoms with E-state index in [-0.39, 0.29) is 16.7 Å². The van der Waals surface area contributed by atoms with Gasteiger partial charge in [-0.05, 0) is 24.3 Å². The van der Waals surface area contributed by atoms with E-state index >= 15 is 0 Å². The average molecular weight is 475 g/mol. The number of aliphatic hydroxyl groups is 1. The highest BCUT2D eigenvalue weighted by atomic mass is 35.5. The van der Waals surface area contributed by atoms with Crippen molar-refractivity contribution in [2.24, 2.45) is 0 Å². The molecule has 0 aromatic heterocycles. The first kappa shape index (κ1) is 24.2. The minimum Gasteiger partial charge on any atom is -0.428 e. The first-order chi connectivity index (χ1) is 14.2. The Morgan fingerprint density at radius 1 is 1.00 bits per heavy atom. The van der Waals surface area contributed by atoms with E-state index in [1.54, 1.807) is 5.32 Å². The molecule has 3 N–H and O–H groups in total. The number of rotatable bonds is 5. The van der Waals surface area contributed by atoms with Crippen LogP contribution in [0.1, 0.15) is 10.4 Å². The largest absolute Gasteiger partial charge is 0.469 e. The zero-order valence-corrected chi connectivity index (χ0v) is 15.5. The smallest absolute Gasteiger partial charge is 0.428 e. The van der Waals surface area contributed by atoms with E-state index in [4.69, 9.17) is 16.7 Å². The number of benzene rings is 2. The second-order valence-corrected chi connectivity index (χ2v) is 6.18. The Labute approximate surface area is 173 Å². The minimum atomic E-state index is -6.41. The molecule has 6 nitrogen and oxygen atoms in total. The fraction of sp³-hybridized carbons (Fsp3) is 0.176. The summed E-state index contributed by atoms with van der Waals surface area (Å²) in [4.78, 5) is 23.7. The number of amides is 3. The molecule has 14 heteroatoms. The van der Waals surface area contributed by atoms with Crippen LogP contribution in [0, 0.1) is 5.82 Å². The molecule has 1 unspecified atom stereocenters. The van der Waals surface area contributed by atoms with Gasteiger partial charge in [-0.15, -0.1) is 0 Å². The Kier molecular flexibility index (Phi) is 6.71. The molecule has 0 spiro atoms. The van der Waals surface area contributed by atoms with E-state index in [0.717, 1.165) is 0 Å². The Morgan fingerprint density at radius 3 is 2.16 bits per heavy atom. The van der Waals surface area contributed by atoms with Gasteiger partial charge in [-0.2, -0.15) is 26.3 Å². The zero-order chi connectivity index (χ0) is 23.6. The van der Waals surface area contributed by atoms with Gasteiger partial charge < -0.3 is 15.2 Å². The first-order valence-electron chi connectivity index (χ1n) is 7.87. The Hall–Kier alpha value is -3.06. The van der Waals surface area contributed by atoms with Crippen molar-refractivity contribution in [3.05, 3.63) is 58.9 Å². The number of imide groups is 1. The van der Waals surface area contributed by atoms with Crippen LogP contribution in [0.15, 0.2) is 42.5 Å². The van der Waals surface area contributed by atoms with E-state index in [1.165, 1.54) is 24.3 Å². The topological polar surface area (TPSA) is 87.7 Å². The molecule has 0 radical (unpaired) electrons. The lowest BCUT2D eigenvalue weighted by Crippen LogP contribution is -2.58. The highest BCUT2D eigenvalue weighted by molar-refractivity contribution is 6.34. The van der Waals surface area contributed by atoms with Crippen molar-refractivity contribution in [3.63, 3.8) is 0 Å². The molecule has 3 amide bonds. The van der Waals surface area contributed by atoms with Crippen LogP contribution >= 0.6 is 11.6 Å². The summed E-state index contributed by atoms with van der Waals surface area (Å²) in [5.74, 6) is -9.83. The minimum absolute atomic E-state index is 0.00749. The lowest BCUT2D eigenvalue weighted by Gasteiger charge is -2.29. The third kappa shape index (κ3) is 5.35. The predicted octanol–water partition coefficient (Wildman–Crippen LogP) is 4.63. The quantitative estimate of drug-likeness (QED) is 0.551. The SMILES string of the molecule is O=C(NC(=O)c1ccccc1Cl)Nc1ccc(OC(F)(F)C(O)(F)C(F)(F)F)cc1F. The molecule has 0 aliphatic heterocycles. The number of hydrogen-bond donors (Lipinski definition) is 3. The maximum atomic E-state index is 14.0. The van der Waals surface area contributed by atoms with Crippen LogP contribution < -0.4 is 15.4 Å². The van der Waals surface area contributed by atoms with Gasteiger partial charge in [0.25, 0.3) is 5.91 Å². The highest BCUT2D eigenvalue weighted by Gasteiger charge is 2.73. The van der Waals surface area contributed by atoms with Gasteiger partial charge in [-0.1, -0.05) is 23.7 Å². The third-order valence-electron chi connectivity index (χ3n) is 3.54. The number of carbonyl (C=O) groups is 2. The van der Waals surface area contributed by atoms with Gasteiger partial charge in [-0.3, -0.25) is 10.1 Å². The number of alkyl halides is 6. The van der Waals surface area contributed by atoms with Gasteiger partial charge in [0, 0.05) is 6.07 Å². The lowest BCUT2D eigenvalue weighted by molar-refractivity contribution is -0.429. The number of halogens is 8. The molecule has 0 fully saturated rings. The van der Waals surface area contributed by atoms with Crippen molar-refractivity contribution >= 4 is 29.2 Å². The molecule has 0 bridgehead atoms. The van der Waals surface area contributed by atoms with E-state index in [1.807, 2.05) is 5.32 Å². The van der Waals surface area contributed by atoms with E-state index in [2.05, 4.69) is 4.74 Å². The summed E-state index contributed by atoms with van der Waals surface area (Å²) < 4.78 is 93.9. The predicted molar refractivity (Wildman–Crippen MR) is 92.0 cm³/mol. The number of anilines is 1.